The van der Waals surface area contributed by atoms with E-state index >= 15 is 0 Å². The highest BCUT2D eigenvalue weighted by Crippen LogP contribution is 2.32. The van der Waals surface area contributed by atoms with Crippen molar-refractivity contribution >= 4 is 5.91 Å². The standard InChI is InChI=1S/C19H30N2O4/c1-14(2)11-19(22)20-13-16(21-7-9-25-10-8-21)15-5-6-17(23-3)18(12-15)24-4/h5-6,12,14,16H,7-11,13H2,1-4H3,(H,20,22). The van der Waals surface area contributed by atoms with Crippen LogP contribution in [0.15, 0.2) is 18.2 Å². The van der Waals surface area contributed by atoms with E-state index in [1.54, 1.807) is 14.2 Å². The monoisotopic (exact) mass is 350 g/mol. The summed E-state index contributed by atoms with van der Waals surface area (Å²) in [5, 5.41) is 3.08. The highest BCUT2D eigenvalue weighted by Gasteiger charge is 2.24. The van der Waals surface area contributed by atoms with E-state index in [1.165, 1.54) is 0 Å². The van der Waals surface area contributed by atoms with Gasteiger partial charge in [-0.05, 0) is 23.6 Å². The average molecular weight is 350 g/mol. The predicted molar refractivity (Wildman–Crippen MR) is 97.1 cm³/mol. The van der Waals surface area contributed by atoms with Gasteiger partial charge in [0, 0.05) is 26.1 Å². The number of hydrogen-bond donors (Lipinski definition) is 1. The van der Waals surface area contributed by atoms with Crippen LogP contribution in [0.5, 0.6) is 11.5 Å². The van der Waals surface area contributed by atoms with Gasteiger partial charge in [0.05, 0.1) is 33.5 Å². The van der Waals surface area contributed by atoms with Crippen molar-refractivity contribution in [3.05, 3.63) is 23.8 Å². The molecule has 6 heteroatoms. The molecule has 1 aliphatic rings. The van der Waals surface area contributed by atoms with E-state index in [0.29, 0.717) is 43.6 Å². The summed E-state index contributed by atoms with van der Waals surface area (Å²) in [7, 11) is 3.26. The first-order chi connectivity index (χ1) is 12.0. The molecular weight excluding hydrogens is 320 g/mol. The van der Waals surface area contributed by atoms with E-state index in [2.05, 4.69) is 10.2 Å². The van der Waals surface area contributed by atoms with Crippen LogP contribution >= 0.6 is 0 Å². The molecular formula is C19H30N2O4. The van der Waals surface area contributed by atoms with Gasteiger partial charge < -0.3 is 19.5 Å². The minimum absolute atomic E-state index is 0.0832. The van der Waals surface area contributed by atoms with E-state index in [1.807, 2.05) is 32.0 Å². The zero-order valence-electron chi connectivity index (χ0n) is 15.7. The molecule has 1 amide bonds. The molecule has 1 aliphatic heterocycles. The van der Waals surface area contributed by atoms with Crippen LogP contribution < -0.4 is 14.8 Å². The lowest BCUT2D eigenvalue weighted by molar-refractivity contribution is -0.122. The van der Waals surface area contributed by atoms with Crippen molar-refractivity contribution in [2.24, 2.45) is 5.92 Å². The van der Waals surface area contributed by atoms with Gasteiger partial charge in [-0.15, -0.1) is 0 Å². The Morgan fingerprint density at radius 1 is 1.20 bits per heavy atom. The Balaban J connectivity index is 2.17. The third kappa shape index (κ3) is 5.61. The summed E-state index contributed by atoms with van der Waals surface area (Å²) in [6, 6.07) is 6.03. The molecule has 0 aliphatic carbocycles. The molecule has 2 rings (SSSR count). The quantitative estimate of drug-likeness (QED) is 0.779. The Labute approximate surface area is 150 Å². The Bertz CT molecular complexity index is 556. The van der Waals surface area contributed by atoms with Crippen LogP contribution in [0.4, 0.5) is 0 Å². The minimum Gasteiger partial charge on any atom is -0.493 e. The minimum atomic E-state index is 0.0832. The molecule has 1 aromatic rings. The van der Waals surface area contributed by atoms with Crippen LogP contribution in [0, 0.1) is 5.92 Å². The molecule has 1 atom stereocenters. The lowest BCUT2D eigenvalue weighted by Crippen LogP contribution is -2.44. The predicted octanol–water partition coefficient (Wildman–Crippen LogP) is 2.24. The molecule has 1 heterocycles. The molecule has 1 aromatic carbocycles. The molecule has 0 radical (unpaired) electrons. The van der Waals surface area contributed by atoms with Crippen molar-refractivity contribution in [2.45, 2.75) is 26.3 Å². The van der Waals surface area contributed by atoms with Crippen LogP contribution in [-0.2, 0) is 9.53 Å². The fraction of sp³-hybridized carbons (Fsp3) is 0.632. The van der Waals surface area contributed by atoms with Gasteiger partial charge >= 0.3 is 0 Å². The maximum Gasteiger partial charge on any atom is 0.220 e. The summed E-state index contributed by atoms with van der Waals surface area (Å²) in [4.78, 5) is 14.4. The Morgan fingerprint density at radius 2 is 1.88 bits per heavy atom. The van der Waals surface area contributed by atoms with E-state index < -0.39 is 0 Å². The zero-order chi connectivity index (χ0) is 18.2. The Morgan fingerprint density at radius 3 is 2.48 bits per heavy atom. The van der Waals surface area contributed by atoms with Gasteiger partial charge in [-0.3, -0.25) is 9.69 Å². The fourth-order valence-corrected chi connectivity index (χ4v) is 3.06. The maximum atomic E-state index is 12.1. The summed E-state index contributed by atoms with van der Waals surface area (Å²) >= 11 is 0. The average Bonchev–Trinajstić information content (AvgIpc) is 2.62. The van der Waals surface area contributed by atoms with Crippen molar-refractivity contribution in [1.82, 2.24) is 10.2 Å². The molecule has 140 valence electrons. The number of ether oxygens (including phenoxy) is 3. The number of morpholine rings is 1. The summed E-state index contributed by atoms with van der Waals surface area (Å²) in [5.74, 6) is 1.85. The molecule has 0 spiro atoms. The molecule has 0 aromatic heterocycles. The zero-order valence-corrected chi connectivity index (χ0v) is 15.7. The van der Waals surface area contributed by atoms with Crippen LogP contribution in [0.1, 0.15) is 31.9 Å². The second kappa shape index (κ2) is 9.63. The van der Waals surface area contributed by atoms with Gasteiger partial charge in [0.1, 0.15) is 0 Å². The summed E-state index contributed by atoms with van der Waals surface area (Å²) < 4.78 is 16.2. The number of benzene rings is 1. The van der Waals surface area contributed by atoms with Crippen molar-refractivity contribution < 1.29 is 19.0 Å². The van der Waals surface area contributed by atoms with Crippen molar-refractivity contribution in [1.29, 1.82) is 0 Å². The van der Waals surface area contributed by atoms with E-state index in [4.69, 9.17) is 14.2 Å². The summed E-state index contributed by atoms with van der Waals surface area (Å²) in [6.07, 6.45) is 0.543. The first-order valence-corrected chi connectivity index (χ1v) is 8.85. The molecule has 1 N–H and O–H groups in total. The van der Waals surface area contributed by atoms with Crippen LogP contribution in [0.2, 0.25) is 0 Å². The summed E-state index contributed by atoms with van der Waals surface area (Å²) in [6.45, 7) is 7.79. The Kier molecular flexibility index (Phi) is 7.52. The van der Waals surface area contributed by atoms with E-state index in [0.717, 1.165) is 18.7 Å². The molecule has 6 nitrogen and oxygen atoms in total. The van der Waals surface area contributed by atoms with Crippen LogP contribution in [0.25, 0.3) is 0 Å². The van der Waals surface area contributed by atoms with Crippen LogP contribution in [0.3, 0.4) is 0 Å². The molecule has 0 saturated carbocycles. The Hall–Kier alpha value is -1.79. The van der Waals surface area contributed by atoms with Gasteiger partial charge in [-0.2, -0.15) is 0 Å². The second-order valence-corrected chi connectivity index (χ2v) is 6.68. The van der Waals surface area contributed by atoms with Gasteiger partial charge in [0.15, 0.2) is 11.5 Å². The van der Waals surface area contributed by atoms with Gasteiger partial charge in [-0.1, -0.05) is 19.9 Å². The number of hydrogen-bond acceptors (Lipinski definition) is 5. The van der Waals surface area contributed by atoms with E-state index in [9.17, 15) is 4.79 Å². The number of carbonyl (C=O) groups is 1. The molecule has 1 fully saturated rings. The van der Waals surface area contributed by atoms with Gasteiger partial charge in [0.25, 0.3) is 0 Å². The smallest absolute Gasteiger partial charge is 0.220 e. The third-order valence-electron chi connectivity index (χ3n) is 4.37. The number of methoxy groups -OCH3 is 2. The lowest BCUT2D eigenvalue weighted by Gasteiger charge is -2.35. The molecule has 1 saturated heterocycles. The third-order valence-corrected chi connectivity index (χ3v) is 4.37. The first-order valence-electron chi connectivity index (χ1n) is 8.85. The fourth-order valence-electron chi connectivity index (χ4n) is 3.06. The second-order valence-electron chi connectivity index (χ2n) is 6.68. The maximum absolute atomic E-state index is 12.1. The SMILES string of the molecule is COc1ccc(C(CNC(=O)CC(C)C)N2CCOCC2)cc1OC. The normalized spacial score (nSPS) is 16.5. The number of amides is 1. The first kappa shape index (κ1) is 19.5. The van der Waals surface area contributed by atoms with Gasteiger partial charge in [0.2, 0.25) is 5.91 Å². The van der Waals surface area contributed by atoms with E-state index in [-0.39, 0.29) is 11.9 Å². The molecule has 1 unspecified atom stereocenters. The number of carbonyl (C=O) groups excluding carboxylic acids is 1. The molecule has 25 heavy (non-hydrogen) atoms. The number of nitrogens with one attached hydrogen (secondary N) is 1. The topological polar surface area (TPSA) is 60.0 Å². The highest BCUT2D eigenvalue weighted by atomic mass is 16.5. The van der Waals surface area contributed by atoms with Crippen molar-refractivity contribution in [2.75, 3.05) is 47.1 Å². The summed E-state index contributed by atoms with van der Waals surface area (Å²) in [5.41, 5.74) is 1.10. The highest BCUT2D eigenvalue weighted by molar-refractivity contribution is 5.76. The lowest BCUT2D eigenvalue weighted by atomic mass is 10.0. The van der Waals surface area contributed by atoms with Gasteiger partial charge in [-0.25, -0.2) is 0 Å². The van der Waals surface area contributed by atoms with Crippen LogP contribution in [-0.4, -0.2) is 57.9 Å². The number of nitrogens with zero attached hydrogens (tertiary/aromatic N) is 1. The molecule has 0 bridgehead atoms. The largest absolute Gasteiger partial charge is 0.493 e. The number of rotatable bonds is 8. The van der Waals surface area contributed by atoms with Crippen molar-refractivity contribution in [3.63, 3.8) is 0 Å². The van der Waals surface area contributed by atoms with Crippen molar-refractivity contribution in [3.8, 4) is 11.5 Å².